The minimum atomic E-state index is -0.521. The Morgan fingerprint density at radius 2 is 2.05 bits per heavy atom. The molecule has 6 heteroatoms. The van der Waals surface area contributed by atoms with Crippen LogP contribution in [-0.2, 0) is 6.54 Å². The Bertz CT molecular complexity index is 579. The average Bonchev–Trinajstić information content (AvgIpc) is 2.26. The Morgan fingerprint density at radius 1 is 1.42 bits per heavy atom. The molecular weight excluding hydrogens is 264 g/mol. The molecule has 0 radical (unpaired) electrons. The first-order valence-electron chi connectivity index (χ1n) is 6.51. The van der Waals surface area contributed by atoms with Crippen LogP contribution in [0.4, 0.5) is 0 Å². The van der Waals surface area contributed by atoms with Crippen LogP contribution in [0.15, 0.2) is 9.59 Å². The molecule has 1 aromatic rings. The molecule has 0 unspecified atom stereocenters. The number of hydrogen-bond donors (Lipinski definition) is 2. The van der Waals surface area contributed by atoms with E-state index in [4.69, 9.17) is 0 Å². The lowest BCUT2D eigenvalue weighted by atomic mass is 9.84. The lowest BCUT2D eigenvalue weighted by molar-refractivity contribution is 0.291. The summed E-state index contributed by atoms with van der Waals surface area (Å²) < 4.78 is 1.33. The lowest BCUT2D eigenvalue weighted by Crippen LogP contribution is -2.43. The molecule has 2 N–H and O–H groups in total. The normalized spacial score (nSPS) is 17.5. The van der Waals surface area contributed by atoms with Crippen molar-refractivity contribution in [1.82, 2.24) is 9.55 Å². The van der Waals surface area contributed by atoms with Crippen molar-refractivity contribution in [3.05, 3.63) is 26.4 Å². The van der Waals surface area contributed by atoms with Gasteiger partial charge in [-0.25, -0.2) is 4.79 Å². The average molecular weight is 284 g/mol. The highest BCUT2D eigenvalue weighted by Gasteiger charge is 2.37. The predicted octanol–water partition coefficient (Wildman–Crippen LogP) is 1.65. The van der Waals surface area contributed by atoms with E-state index in [0.717, 1.165) is 19.3 Å². The second-order valence-corrected chi connectivity index (χ2v) is 6.75. The summed E-state index contributed by atoms with van der Waals surface area (Å²) in [6.45, 7) is 4.11. The van der Waals surface area contributed by atoms with E-state index in [1.165, 1.54) is 4.57 Å². The predicted molar refractivity (Wildman–Crippen MR) is 77.2 cm³/mol. The van der Waals surface area contributed by atoms with Gasteiger partial charge in [0.1, 0.15) is 0 Å². The van der Waals surface area contributed by atoms with Gasteiger partial charge in [0.05, 0.1) is 5.56 Å². The highest BCUT2D eigenvalue weighted by atomic mass is 32.2. The lowest BCUT2D eigenvalue weighted by Gasteiger charge is -2.40. The molecule has 19 heavy (non-hydrogen) atoms. The smallest absolute Gasteiger partial charge is 0.331 e. The number of nitrogens with one attached hydrogen (secondary N) is 1. The van der Waals surface area contributed by atoms with Crippen molar-refractivity contribution in [3.8, 4) is 5.88 Å². The monoisotopic (exact) mass is 284 g/mol. The van der Waals surface area contributed by atoms with Gasteiger partial charge in [-0.1, -0.05) is 20.3 Å². The van der Waals surface area contributed by atoms with Crippen LogP contribution in [-0.4, -0.2) is 25.7 Å². The molecule has 1 saturated carbocycles. The summed E-state index contributed by atoms with van der Waals surface area (Å²) in [5, 5.41) is 10.2. The SMILES string of the molecule is CSC1(Cn2c(O)c(C(C)C)c(=O)[nH]c2=O)CCC1. The molecule has 0 aromatic carbocycles. The summed E-state index contributed by atoms with van der Waals surface area (Å²) in [4.78, 5) is 26.0. The molecule has 1 aliphatic carbocycles. The zero-order valence-electron chi connectivity index (χ0n) is 11.5. The molecule has 1 aliphatic rings. The third-order valence-corrected chi connectivity index (χ3v) is 5.33. The molecule has 0 spiro atoms. The summed E-state index contributed by atoms with van der Waals surface area (Å²) in [6.07, 6.45) is 5.25. The van der Waals surface area contributed by atoms with Gasteiger partial charge in [-0.2, -0.15) is 11.8 Å². The first kappa shape index (κ1) is 14.2. The van der Waals surface area contributed by atoms with Gasteiger partial charge in [0.15, 0.2) is 0 Å². The van der Waals surface area contributed by atoms with E-state index in [9.17, 15) is 14.7 Å². The number of nitrogens with zero attached hydrogens (tertiary/aromatic N) is 1. The van der Waals surface area contributed by atoms with Crippen LogP contribution in [0.2, 0.25) is 0 Å². The van der Waals surface area contributed by atoms with Crippen molar-refractivity contribution >= 4 is 11.8 Å². The van der Waals surface area contributed by atoms with Crippen molar-refractivity contribution in [1.29, 1.82) is 0 Å². The van der Waals surface area contributed by atoms with E-state index in [1.54, 1.807) is 11.8 Å². The summed E-state index contributed by atoms with van der Waals surface area (Å²) in [6, 6.07) is 0. The summed E-state index contributed by atoms with van der Waals surface area (Å²) in [7, 11) is 0. The fraction of sp³-hybridized carbons (Fsp3) is 0.692. The fourth-order valence-electron chi connectivity index (χ4n) is 2.53. The zero-order chi connectivity index (χ0) is 14.2. The third-order valence-electron chi connectivity index (χ3n) is 3.93. The number of thioether (sulfide) groups is 1. The van der Waals surface area contributed by atoms with E-state index >= 15 is 0 Å². The van der Waals surface area contributed by atoms with Crippen LogP contribution in [0.25, 0.3) is 0 Å². The highest BCUT2D eigenvalue weighted by Crippen LogP contribution is 2.44. The minimum absolute atomic E-state index is 0.0216. The maximum atomic E-state index is 11.9. The number of aromatic amines is 1. The first-order chi connectivity index (χ1) is 8.90. The van der Waals surface area contributed by atoms with E-state index in [2.05, 4.69) is 4.98 Å². The maximum Gasteiger partial charge on any atom is 0.331 e. The Morgan fingerprint density at radius 3 is 2.47 bits per heavy atom. The van der Waals surface area contributed by atoms with Gasteiger partial charge in [-0.3, -0.25) is 14.3 Å². The van der Waals surface area contributed by atoms with E-state index in [1.807, 2.05) is 20.1 Å². The number of aromatic nitrogens is 2. The highest BCUT2D eigenvalue weighted by molar-refractivity contribution is 8.00. The Hall–Kier alpha value is -1.17. The topological polar surface area (TPSA) is 75.1 Å². The van der Waals surface area contributed by atoms with Crippen molar-refractivity contribution in [3.63, 3.8) is 0 Å². The van der Waals surface area contributed by atoms with Gasteiger partial charge in [0, 0.05) is 11.3 Å². The van der Waals surface area contributed by atoms with Crippen molar-refractivity contribution in [2.45, 2.75) is 50.3 Å². The summed E-state index contributed by atoms with van der Waals surface area (Å²) in [5.41, 5.74) is -0.719. The molecular formula is C13H20N2O3S. The Labute approximate surface area is 116 Å². The zero-order valence-corrected chi connectivity index (χ0v) is 12.3. The van der Waals surface area contributed by atoms with Gasteiger partial charge in [0.25, 0.3) is 5.56 Å². The Balaban J connectivity index is 2.49. The van der Waals surface area contributed by atoms with E-state index in [0.29, 0.717) is 6.54 Å². The number of H-pyrrole nitrogens is 1. The van der Waals surface area contributed by atoms with Crippen molar-refractivity contribution < 1.29 is 5.11 Å². The summed E-state index contributed by atoms with van der Waals surface area (Å²) in [5.74, 6) is -0.300. The molecule has 0 aliphatic heterocycles. The fourth-order valence-corrected chi connectivity index (χ4v) is 3.48. The van der Waals surface area contributed by atoms with Crippen LogP contribution in [0, 0.1) is 0 Å². The Kier molecular flexibility index (Phi) is 3.80. The van der Waals surface area contributed by atoms with E-state index < -0.39 is 11.2 Å². The second-order valence-electron chi connectivity index (χ2n) is 5.48. The molecule has 1 fully saturated rings. The van der Waals surface area contributed by atoms with Crippen LogP contribution >= 0.6 is 11.8 Å². The van der Waals surface area contributed by atoms with Gasteiger partial charge < -0.3 is 5.11 Å². The molecule has 0 bridgehead atoms. The molecule has 106 valence electrons. The molecule has 1 heterocycles. The number of rotatable bonds is 4. The van der Waals surface area contributed by atoms with Gasteiger partial charge in [-0.15, -0.1) is 0 Å². The molecule has 1 aromatic heterocycles. The van der Waals surface area contributed by atoms with Gasteiger partial charge in [-0.05, 0) is 25.0 Å². The standard InChI is InChI=1S/C13H20N2O3S/c1-8(2)9-10(16)14-12(18)15(11(9)17)7-13(19-3)5-4-6-13/h8,17H,4-7H2,1-3H3,(H,14,16,18). The van der Waals surface area contributed by atoms with Crippen LogP contribution < -0.4 is 11.2 Å². The van der Waals surface area contributed by atoms with Gasteiger partial charge >= 0.3 is 5.69 Å². The molecule has 0 saturated heterocycles. The van der Waals surface area contributed by atoms with E-state index in [-0.39, 0.29) is 22.1 Å². The molecule has 0 atom stereocenters. The molecule has 5 nitrogen and oxygen atoms in total. The van der Waals surface area contributed by atoms with Crippen LogP contribution in [0.5, 0.6) is 5.88 Å². The third kappa shape index (κ3) is 2.45. The quantitative estimate of drug-likeness (QED) is 0.881. The molecule has 2 rings (SSSR count). The number of aromatic hydroxyl groups is 1. The van der Waals surface area contributed by atoms with Crippen LogP contribution in [0.1, 0.15) is 44.6 Å². The first-order valence-corrected chi connectivity index (χ1v) is 7.74. The van der Waals surface area contributed by atoms with Crippen LogP contribution in [0.3, 0.4) is 0 Å². The maximum absolute atomic E-state index is 11.9. The molecule has 0 amide bonds. The van der Waals surface area contributed by atoms with Crippen molar-refractivity contribution in [2.75, 3.05) is 6.26 Å². The number of hydrogen-bond acceptors (Lipinski definition) is 4. The largest absolute Gasteiger partial charge is 0.494 e. The summed E-state index contributed by atoms with van der Waals surface area (Å²) >= 11 is 1.73. The second kappa shape index (κ2) is 5.07. The minimum Gasteiger partial charge on any atom is -0.494 e. The van der Waals surface area contributed by atoms with Gasteiger partial charge in [0.2, 0.25) is 5.88 Å². The van der Waals surface area contributed by atoms with Crippen molar-refractivity contribution in [2.24, 2.45) is 0 Å².